The highest BCUT2D eigenvalue weighted by Crippen LogP contribution is 2.60. The van der Waals surface area contributed by atoms with Crippen LogP contribution >= 0.6 is 0 Å². The van der Waals surface area contributed by atoms with E-state index in [1.165, 1.54) is 0 Å². The predicted molar refractivity (Wildman–Crippen MR) is 63.0 cm³/mol. The van der Waals surface area contributed by atoms with Gasteiger partial charge in [-0.05, 0) is 43.4 Å². The van der Waals surface area contributed by atoms with Crippen LogP contribution in [-0.4, -0.2) is 11.6 Å². The molecule has 0 spiro atoms. The van der Waals surface area contributed by atoms with E-state index in [1.807, 2.05) is 0 Å². The van der Waals surface area contributed by atoms with Crippen molar-refractivity contribution >= 4 is 11.6 Å². The Morgan fingerprint density at radius 2 is 2.12 bits per heavy atom. The van der Waals surface area contributed by atoms with E-state index >= 15 is 0 Å². The lowest BCUT2D eigenvalue weighted by atomic mass is 9.83. The third-order valence-corrected chi connectivity index (χ3v) is 4.51. The Morgan fingerprint density at radius 1 is 1.44 bits per heavy atom. The van der Waals surface area contributed by atoms with Crippen LogP contribution in [0.5, 0.6) is 0 Å². The SMILES string of the molecule is CC(=O)CCC(C(C)C)C1C2CCC(=O)C21. The highest BCUT2D eigenvalue weighted by Gasteiger charge is 2.60. The molecule has 2 aliphatic carbocycles. The summed E-state index contributed by atoms with van der Waals surface area (Å²) in [5.41, 5.74) is 0. The van der Waals surface area contributed by atoms with Crippen molar-refractivity contribution in [3.63, 3.8) is 0 Å². The van der Waals surface area contributed by atoms with Gasteiger partial charge in [0.05, 0.1) is 0 Å². The molecule has 0 radical (unpaired) electrons. The first kappa shape index (κ1) is 11.8. The molecule has 16 heavy (non-hydrogen) atoms. The third kappa shape index (κ3) is 2.07. The van der Waals surface area contributed by atoms with Crippen LogP contribution in [0.2, 0.25) is 0 Å². The van der Waals surface area contributed by atoms with Gasteiger partial charge in [-0.25, -0.2) is 0 Å². The predicted octanol–water partition coefficient (Wildman–Crippen LogP) is 2.85. The van der Waals surface area contributed by atoms with Crippen LogP contribution in [0.3, 0.4) is 0 Å². The molecule has 2 aliphatic rings. The van der Waals surface area contributed by atoms with Gasteiger partial charge in [0.15, 0.2) is 0 Å². The lowest BCUT2D eigenvalue weighted by Crippen LogP contribution is -2.17. The monoisotopic (exact) mass is 222 g/mol. The summed E-state index contributed by atoms with van der Waals surface area (Å²) in [6.45, 7) is 6.11. The Kier molecular flexibility index (Phi) is 3.18. The smallest absolute Gasteiger partial charge is 0.136 e. The largest absolute Gasteiger partial charge is 0.300 e. The van der Waals surface area contributed by atoms with Crippen LogP contribution in [0.4, 0.5) is 0 Å². The number of hydrogen-bond donors (Lipinski definition) is 0. The molecule has 0 aromatic heterocycles. The highest BCUT2D eigenvalue weighted by atomic mass is 16.1. The van der Waals surface area contributed by atoms with Gasteiger partial charge in [-0.15, -0.1) is 0 Å². The molecule has 90 valence electrons. The summed E-state index contributed by atoms with van der Waals surface area (Å²) in [7, 11) is 0. The van der Waals surface area contributed by atoms with E-state index in [9.17, 15) is 9.59 Å². The molecule has 2 saturated carbocycles. The molecule has 0 aromatic rings. The Balaban J connectivity index is 1.94. The van der Waals surface area contributed by atoms with Crippen molar-refractivity contribution in [2.24, 2.45) is 29.6 Å². The standard InChI is InChI=1S/C14H22O2/c1-8(2)10(5-4-9(3)15)13-11-6-7-12(16)14(11)13/h8,10-11,13-14H,4-7H2,1-3H3. The summed E-state index contributed by atoms with van der Waals surface area (Å²) in [5.74, 6) is 3.61. The lowest BCUT2D eigenvalue weighted by molar-refractivity contribution is -0.119. The second kappa shape index (κ2) is 4.31. The van der Waals surface area contributed by atoms with Crippen molar-refractivity contribution in [3.8, 4) is 0 Å². The number of ketones is 2. The second-order valence-corrected chi connectivity index (χ2v) is 5.92. The zero-order valence-electron chi connectivity index (χ0n) is 10.5. The van der Waals surface area contributed by atoms with Crippen molar-refractivity contribution in [1.82, 2.24) is 0 Å². The molecule has 4 atom stereocenters. The van der Waals surface area contributed by atoms with Gasteiger partial charge in [-0.3, -0.25) is 4.79 Å². The van der Waals surface area contributed by atoms with Crippen LogP contribution < -0.4 is 0 Å². The van der Waals surface area contributed by atoms with E-state index in [2.05, 4.69) is 13.8 Å². The fourth-order valence-corrected chi connectivity index (χ4v) is 3.63. The second-order valence-electron chi connectivity index (χ2n) is 5.92. The molecule has 0 heterocycles. The fraction of sp³-hybridized carbons (Fsp3) is 0.857. The average molecular weight is 222 g/mol. The summed E-state index contributed by atoms with van der Waals surface area (Å²) >= 11 is 0. The minimum Gasteiger partial charge on any atom is -0.300 e. The molecule has 0 aromatic carbocycles. The lowest BCUT2D eigenvalue weighted by Gasteiger charge is -2.22. The Morgan fingerprint density at radius 3 is 2.56 bits per heavy atom. The van der Waals surface area contributed by atoms with E-state index in [0.717, 1.165) is 19.3 Å². The van der Waals surface area contributed by atoms with Gasteiger partial charge >= 0.3 is 0 Å². The molecule has 0 amide bonds. The zero-order valence-corrected chi connectivity index (χ0v) is 10.5. The van der Waals surface area contributed by atoms with Crippen molar-refractivity contribution < 1.29 is 9.59 Å². The molecule has 0 saturated heterocycles. The van der Waals surface area contributed by atoms with Gasteiger partial charge in [-0.1, -0.05) is 13.8 Å². The maximum absolute atomic E-state index is 11.6. The Labute approximate surface area is 97.8 Å². The third-order valence-electron chi connectivity index (χ3n) is 4.51. The first-order chi connectivity index (χ1) is 7.52. The molecule has 2 rings (SSSR count). The fourth-order valence-electron chi connectivity index (χ4n) is 3.63. The first-order valence-corrected chi connectivity index (χ1v) is 6.54. The van der Waals surface area contributed by atoms with Crippen LogP contribution in [0.25, 0.3) is 0 Å². The van der Waals surface area contributed by atoms with Gasteiger partial charge in [0, 0.05) is 18.8 Å². The van der Waals surface area contributed by atoms with Gasteiger partial charge in [0.25, 0.3) is 0 Å². The quantitative estimate of drug-likeness (QED) is 0.716. The van der Waals surface area contributed by atoms with Crippen LogP contribution in [0.15, 0.2) is 0 Å². The zero-order chi connectivity index (χ0) is 11.9. The number of hydrogen-bond acceptors (Lipinski definition) is 2. The normalized spacial score (nSPS) is 34.0. The van der Waals surface area contributed by atoms with Crippen LogP contribution in [0, 0.1) is 29.6 Å². The molecule has 2 heteroatoms. The van der Waals surface area contributed by atoms with Gasteiger partial charge in [0.2, 0.25) is 0 Å². The summed E-state index contributed by atoms with van der Waals surface area (Å²) in [6, 6.07) is 0. The van der Waals surface area contributed by atoms with E-state index in [0.29, 0.717) is 41.8 Å². The molecule has 2 nitrogen and oxygen atoms in total. The molecular weight excluding hydrogens is 200 g/mol. The van der Waals surface area contributed by atoms with Crippen LogP contribution in [-0.2, 0) is 9.59 Å². The molecule has 0 bridgehead atoms. The Hall–Kier alpha value is -0.660. The number of fused-ring (bicyclic) bond motifs is 1. The van der Waals surface area contributed by atoms with Crippen molar-refractivity contribution in [2.45, 2.75) is 46.5 Å². The minimum absolute atomic E-state index is 0.280. The topological polar surface area (TPSA) is 34.1 Å². The first-order valence-electron chi connectivity index (χ1n) is 6.54. The van der Waals surface area contributed by atoms with Gasteiger partial charge < -0.3 is 4.79 Å². The van der Waals surface area contributed by atoms with Gasteiger partial charge in [0.1, 0.15) is 11.6 Å². The molecular formula is C14H22O2. The summed E-state index contributed by atoms with van der Waals surface area (Å²) in [4.78, 5) is 22.7. The average Bonchev–Trinajstić information content (AvgIpc) is 2.75. The number of carbonyl (C=O) groups excluding carboxylic acids is 2. The number of carbonyl (C=O) groups is 2. The summed E-state index contributed by atoms with van der Waals surface area (Å²) < 4.78 is 0. The number of Topliss-reactive ketones (excluding diaryl/α,β-unsaturated/α-hetero) is 2. The molecule has 2 fully saturated rings. The maximum atomic E-state index is 11.6. The van der Waals surface area contributed by atoms with Crippen molar-refractivity contribution in [2.75, 3.05) is 0 Å². The van der Waals surface area contributed by atoms with E-state index in [4.69, 9.17) is 0 Å². The summed E-state index contributed by atoms with van der Waals surface area (Å²) in [5, 5.41) is 0. The van der Waals surface area contributed by atoms with Gasteiger partial charge in [-0.2, -0.15) is 0 Å². The maximum Gasteiger partial charge on any atom is 0.136 e. The minimum atomic E-state index is 0.280. The Bertz CT molecular complexity index is 306. The van der Waals surface area contributed by atoms with E-state index in [-0.39, 0.29) is 5.78 Å². The van der Waals surface area contributed by atoms with E-state index < -0.39 is 0 Å². The molecule has 0 aliphatic heterocycles. The van der Waals surface area contributed by atoms with Crippen molar-refractivity contribution in [3.05, 3.63) is 0 Å². The number of rotatable bonds is 5. The molecule has 4 unspecified atom stereocenters. The van der Waals surface area contributed by atoms with E-state index in [1.54, 1.807) is 6.92 Å². The van der Waals surface area contributed by atoms with Crippen LogP contribution in [0.1, 0.15) is 46.5 Å². The summed E-state index contributed by atoms with van der Waals surface area (Å²) in [6.07, 6.45) is 3.59. The molecule has 0 N–H and O–H groups in total. The highest BCUT2D eigenvalue weighted by molar-refractivity contribution is 5.87. The van der Waals surface area contributed by atoms with Crippen molar-refractivity contribution in [1.29, 1.82) is 0 Å².